The minimum atomic E-state index is -1.06. The SMILES string of the molecule is Nc1ccc(S(=O)Cc2cccs2)cc1Cl. The molecule has 5 heteroatoms. The van der Waals surface area contributed by atoms with Gasteiger partial charge in [0, 0.05) is 9.77 Å². The van der Waals surface area contributed by atoms with Crippen LogP contribution in [0.1, 0.15) is 4.88 Å². The fourth-order valence-electron chi connectivity index (χ4n) is 1.26. The highest BCUT2D eigenvalue weighted by molar-refractivity contribution is 7.84. The predicted molar refractivity (Wildman–Crippen MR) is 70.3 cm³/mol. The quantitative estimate of drug-likeness (QED) is 0.871. The Morgan fingerprint density at radius 1 is 1.38 bits per heavy atom. The molecule has 2 N–H and O–H groups in total. The fraction of sp³-hybridized carbons (Fsp3) is 0.0909. The maximum absolute atomic E-state index is 12.0. The van der Waals surface area contributed by atoms with Crippen molar-refractivity contribution in [3.05, 3.63) is 45.6 Å². The lowest BCUT2D eigenvalue weighted by Gasteiger charge is -2.03. The second-order valence-corrected chi connectivity index (χ2v) is 6.14. The van der Waals surface area contributed by atoms with E-state index in [1.807, 2.05) is 17.5 Å². The van der Waals surface area contributed by atoms with E-state index in [9.17, 15) is 4.21 Å². The summed E-state index contributed by atoms with van der Waals surface area (Å²) in [6.45, 7) is 0. The van der Waals surface area contributed by atoms with Gasteiger partial charge in [0.25, 0.3) is 0 Å². The Balaban J connectivity index is 2.18. The number of anilines is 1. The second kappa shape index (κ2) is 4.99. The predicted octanol–water partition coefficient (Wildman–Crippen LogP) is 3.29. The van der Waals surface area contributed by atoms with Gasteiger partial charge in [-0.1, -0.05) is 17.7 Å². The molecular weight excluding hydrogens is 262 g/mol. The molecule has 0 saturated carbocycles. The van der Waals surface area contributed by atoms with Gasteiger partial charge in [-0.15, -0.1) is 11.3 Å². The number of nitrogens with two attached hydrogens (primary N) is 1. The summed E-state index contributed by atoms with van der Waals surface area (Å²) in [5.41, 5.74) is 6.11. The van der Waals surface area contributed by atoms with Crippen molar-refractivity contribution < 1.29 is 4.21 Å². The van der Waals surface area contributed by atoms with Crippen LogP contribution < -0.4 is 5.73 Å². The van der Waals surface area contributed by atoms with Gasteiger partial charge < -0.3 is 5.73 Å². The average molecular weight is 272 g/mol. The van der Waals surface area contributed by atoms with E-state index in [-0.39, 0.29) is 0 Å². The Hall–Kier alpha value is -0.840. The van der Waals surface area contributed by atoms with Crippen LogP contribution in [-0.2, 0) is 16.6 Å². The van der Waals surface area contributed by atoms with Crippen molar-refractivity contribution in [1.82, 2.24) is 0 Å². The maximum Gasteiger partial charge on any atom is 0.0647 e. The van der Waals surface area contributed by atoms with Gasteiger partial charge in [0.2, 0.25) is 0 Å². The molecule has 1 heterocycles. The molecule has 1 aromatic heterocycles. The van der Waals surface area contributed by atoms with E-state index in [0.29, 0.717) is 21.4 Å². The summed E-state index contributed by atoms with van der Waals surface area (Å²) < 4.78 is 12.0. The van der Waals surface area contributed by atoms with E-state index < -0.39 is 10.8 Å². The molecule has 0 aliphatic rings. The zero-order chi connectivity index (χ0) is 11.5. The third-order valence-corrected chi connectivity index (χ3v) is 4.83. The molecular formula is C11H10ClNOS2. The summed E-state index contributed by atoms with van der Waals surface area (Å²) in [7, 11) is -1.06. The Morgan fingerprint density at radius 2 is 2.19 bits per heavy atom. The molecule has 16 heavy (non-hydrogen) atoms. The van der Waals surface area contributed by atoms with Gasteiger partial charge in [-0.2, -0.15) is 0 Å². The van der Waals surface area contributed by atoms with E-state index in [1.165, 1.54) is 0 Å². The minimum absolute atomic E-state index is 0.456. The number of thiophene rings is 1. The first kappa shape index (κ1) is 11.6. The van der Waals surface area contributed by atoms with Gasteiger partial charge in [-0.05, 0) is 29.6 Å². The van der Waals surface area contributed by atoms with Gasteiger partial charge in [0.1, 0.15) is 0 Å². The topological polar surface area (TPSA) is 43.1 Å². The van der Waals surface area contributed by atoms with E-state index >= 15 is 0 Å². The van der Waals surface area contributed by atoms with Crippen molar-refractivity contribution in [2.45, 2.75) is 10.6 Å². The Kier molecular flexibility index (Phi) is 3.63. The first-order valence-electron chi connectivity index (χ1n) is 4.62. The average Bonchev–Trinajstić information content (AvgIpc) is 2.74. The van der Waals surface area contributed by atoms with Crippen LogP contribution in [-0.4, -0.2) is 4.21 Å². The second-order valence-electron chi connectivity index (χ2n) is 3.25. The molecule has 0 fully saturated rings. The minimum Gasteiger partial charge on any atom is -0.398 e. The van der Waals surface area contributed by atoms with E-state index in [1.54, 1.807) is 29.5 Å². The maximum atomic E-state index is 12.0. The van der Waals surface area contributed by atoms with Gasteiger partial charge in [-0.25, -0.2) is 0 Å². The van der Waals surface area contributed by atoms with Crippen molar-refractivity contribution >= 4 is 39.4 Å². The van der Waals surface area contributed by atoms with Crippen molar-refractivity contribution in [2.24, 2.45) is 0 Å². The molecule has 0 aliphatic carbocycles. The molecule has 0 bridgehead atoms. The van der Waals surface area contributed by atoms with Gasteiger partial charge in [0.05, 0.1) is 27.3 Å². The molecule has 1 aromatic carbocycles. The highest BCUT2D eigenvalue weighted by Crippen LogP contribution is 2.23. The number of hydrogen-bond acceptors (Lipinski definition) is 3. The molecule has 0 amide bonds. The molecule has 0 radical (unpaired) electrons. The first-order valence-corrected chi connectivity index (χ1v) is 7.20. The lowest BCUT2D eigenvalue weighted by atomic mass is 10.3. The molecule has 1 atom stereocenters. The normalized spacial score (nSPS) is 12.6. The number of hydrogen-bond donors (Lipinski definition) is 1. The molecule has 0 saturated heterocycles. The molecule has 2 nitrogen and oxygen atoms in total. The molecule has 2 aromatic rings. The molecule has 0 spiro atoms. The smallest absolute Gasteiger partial charge is 0.0647 e. The molecule has 84 valence electrons. The summed E-state index contributed by atoms with van der Waals surface area (Å²) in [5.74, 6) is 0.526. The van der Waals surface area contributed by atoms with Gasteiger partial charge in [0.15, 0.2) is 0 Å². The lowest BCUT2D eigenvalue weighted by molar-refractivity contribution is 0.683. The van der Waals surface area contributed by atoms with Crippen LogP contribution in [0, 0.1) is 0 Å². The molecule has 1 unspecified atom stereocenters. The number of halogens is 1. The van der Waals surface area contributed by atoms with Gasteiger partial charge in [-0.3, -0.25) is 4.21 Å². The highest BCUT2D eigenvalue weighted by Gasteiger charge is 2.07. The number of rotatable bonds is 3. The molecule has 0 aliphatic heterocycles. The van der Waals surface area contributed by atoms with E-state index in [2.05, 4.69) is 0 Å². The van der Waals surface area contributed by atoms with Crippen LogP contribution in [0.3, 0.4) is 0 Å². The van der Waals surface area contributed by atoms with E-state index in [0.717, 1.165) is 4.88 Å². The van der Waals surface area contributed by atoms with Crippen molar-refractivity contribution in [2.75, 3.05) is 5.73 Å². The summed E-state index contributed by atoms with van der Waals surface area (Å²) in [5, 5.41) is 2.43. The number of nitrogen functional groups attached to an aromatic ring is 1. The summed E-state index contributed by atoms with van der Waals surface area (Å²) >= 11 is 7.49. The van der Waals surface area contributed by atoms with Gasteiger partial charge >= 0.3 is 0 Å². The van der Waals surface area contributed by atoms with Crippen LogP contribution in [0.5, 0.6) is 0 Å². The fourth-order valence-corrected chi connectivity index (χ4v) is 3.57. The largest absolute Gasteiger partial charge is 0.398 e. The van der Waals surface area contributed by atoms with Crippen LogP contribution in [0.25, 0.3) is 0 Å². The Labute approximate surface area is 106 Å². The third-order valence-electron chi connectivity index (χ3n) is 2.09. The highest BCUT2D eigenvalue weighted by atomic mass is 35.5. The summed E-state index contributed by atoms with van der Waals surface area (Å²) in [4.78, 5) is 1.82. The number of benzene rings is 1. The first-order chi connectivity index (χ1) is 7.66. The van der Waals surface area contributed by atoms with E-state index in [4.69, 9.17) is 17.3 Å². The Morgan fingerprint density at radius 3 is 2.81 bits per heavy atom. The van der Waals surface area contributed by atoms with Crippen LogP contribution in [0.2, 0.25) is 5.02 Å². The zero-order valence-electron chi connectivity index (χ0n) is 8.35. The van der Waals surface area contributed by atoms with Crippen LogP contribution >= 0.6 is 22.9 Å². The van der Waals surface area contributed by atoms with Crippen LogP contribution in [0.4, 0.5) is 5.69 Å². The van der Waals surface area contributed by atoms with Crippen LogP contribution in [0.15, 0.2) is 40.6 Å². The summed E-state index contributed by atoms with van der Waals surface area (Å²) in [6, 6.07) is 9.03. The summed E-state index contributed by atoms with van der Waals surface area (Å²) in [6.07, 6.45) is 0. The lowest BCUT2D eigenvalue weighted by Crippen LogP contribution is -1.96. The third kappa shape index (κ3) is 2.64. The zero-order valence-corrected chi connectivity index (χ0v) is 10.7. The Bertz CT molecular complexity index is 511. The monoisotopic (exact) mass is 271 g/mol. The standard InChI is InChI=1S/C11H10ClNOS2/c12-10-6-9(3-4-11(10)13)16(14)7-8-2-1-5-15-8/h1-6H,7,13H2. The van der Waals surface area contributed by atoms with Crippen molar-refractivity contribution in [3.8, 4) is 0 Å². The van der Waals surface area contributed by atoms with Crippen molar-refractivity contribution in [3.63, 3.8) is 0 Å². The molecule has 2 rings (SSSR count). The van der Waals surface area contributed by atoms with Crippen molar-refractivity contribution in [1.29, 1.82) is 0 Å².